The van der Waals surface area contributed by atoms with Gasteiger partial charge >= 0.3 is 0 Å². The summed E-state index contributed by atoms with van der Waals surface area (Å²) in [5, 5.41) is 13.1. The fourth-order valence-electron chi connectivity index (χ4n) is 3.00. The summed E-state index contributed by atoms with van der Waals surface area (Å²) in [4.78, 5) is 1.25. The van der Waals surface area contributed by atoms with E-state index in [-0.39, 0.29) is 0 Å². The molecule has 4 heteroatoms. The molecule has 0 saturated heterocycles. The Morgan fingerprint density at radius 3 is 2.63 bits per heavy atom. The van der Waals surface area contributed by atoms with Crippen molar-refractivity contribution in [1.29, 1.82) is 0 Å². The lowest BCUT2D eigenvalue weighted by Crippen LogP contribution is -2.21. The first-order valence-corrected chi connectivity index (χ1v) is 7.62. The van der Waals surface area contributed by atoms with Gasteiger partial charge in [-0.3, -0.25) is 5.10 Å². The standard InChI is InChI=1S/C15H21N3S/c1-14(2)13(15(14,3)4)16-8-10-9-17-18-12(10)11-6-5-7-19-11/h5-7,9,13,16H,8H2,1-4H3,(H,17,18). The molecule has 3 nitrogen and oxygen atoms in total. The van der Waals surface area contributed by atoms with Gasteiger partial charge in [-0.05, 0) is 22.3 Å². The number of aromatic nitrogens is 2. The number of thiophene rings is 1. The Hall–Kier alpha value is -1.13. The summed E-state index contributed by atoms with van der Waals surface area (Å²) >= 11 is 1.75. The van der Waals surface area contributed by atoms with Gasteiger partial charge in [0.2, 0.25) is 0 Å². The van der Waals surface area contributed by atoms with Gasteiger partial charge in [0.15, 0.2) is 0 Å². The van der Waals surface area contributed by atoms with Crippen molar-refractivity contribution in [3.05, 3.63) is 29.3 Å². The van der Waals surface area contributed by atoms with Crippen LogP contribution in [-0.4, -0.2) is 16.2 Å². The average molecular weight is 275 g/mol. The molecule has 102 valence electrons. The molecule has 2 N–H and O–H groups in total. The van der Waals surface area contributed by atoms with Crippen LogP contribution in [0.15, 0.2) is 23.7 Å². The maximum absolute atomic E-state index is 4.19. The lowest BCUT2D eigenvalue weighted by molar-refractivity contribution is 0.457. The van der Waals surface area contributed by atoms with Gasteiger partial charge in [-0.15, -0.1) is 11.3 Å². The quantitative estimate of drug-likeness (QED) is 0.894. The highest BCUT2D eigenvalue weighted by molar-refractivity contribution is 7.13. The molecule has 1 fully saturated rings. The number of rotatable bonds is 4. The second-order valence-corrected chi connectivity index (χ2v) is 7.45. The molecule has 1 aliphatic carbocycles. The van der Waals surface area contributed by atoms with Gasteiger partial charge in [0.05, 0.1) is 16.8 Å². The average Bonchev–Trinajstić information content (AvgIpc) is 2.86. The monoisotopic (exact) mass is 275 g/mol. The number of hydrogen-bond donors (Lipinski definition) is 2. The van der Waals surface area contributed by atoms with Crippen molar-refractivity contribution >= 4 is 11.3 Å². The fourth-order valence-corrected chi connectivity index (χ4v) is 3.75. The van der Waals surface area contributed by atoms with Crippen LogP contribution in [0, 0.1) is 10.8 Å². The Morgan fingerprint density at radius 1 is 1.32 bits per heavy atom. The maximum atomic E-state index is 4.19. The highest BCUT2D eigenvalue weighted by atomic mass is 32.1. The van der Waals surface area contributed by atoms with E-state index < -0.39 is 0 Å². The molecule has 19 heavy (non-hydrogen) atoms. The Labute approximate surface area is 118 Å². The third-order valence-electron chi connectivity index (χ3n) is 5.00. The van der Waals surface area contributed by atoms with Crippen LogP contribution < -0.4 is 5.32 Å². The minimum absolute atomic E-state index is 0.375. The van der Waals surface area contributed by atoms with E-state index in [9.17, 15) is 0 Å². The highest BCUT2D eigenvalue weighted by Crippen LogP contribution is 2.62. The second kappa shape index (κ2) is 4.18. The Morgan fingerprint density at radius 2 is 2.05 bits per heavy atom. The topological polar surface area (TPSA) is 40.7 Å². The van der Waals surface area contributed by atoms with Crippen LogP contribution in [0.3, 0.4) is 0 Å². The fraction of sp³-hybridized carbons (Fsp3) is 0.533. The SMILES string of the molecule is CC1(C)C(NCc2cn[nH]c2-c2cccs2)C1(C)C. The molecule has 0 unspecified atom stereocenters. The molecule has 0 radical (unpaired) electrons. The molecule has 0 bridgehead atoms. The molecule has 1 aliphatic rings. The molecular weight excluding hydrogens is 254 g/mol. The van der Waals surface area contributed by atoms with E-state index in [0.717, 1.165) is 12.2 Å². The Balaban J connectivity index is 1.71. The number of nitrogens with one attached hydrogen (secondary N) is 2. The highest BCUT2D eigenvalue weighted by Gasteiger charge is 2.64. The van der Waals surface area contributed by atoms with Gasteiger partial charge in [0.25, 0.3) is 0 Å². The summed E-state index contributed by atoms with van der Waals surface area (Å²) in [6.07, 6.45) is 1.93. The zero-order valence-corrected chi connectivity index (χ0v) is 12.8. The Bertz CT molecular complexity index is 552. The van der Waals surface area contributed by atoms with Crippen molar-refractivity contribution in [3.8, 4) is 10.6 Å². The van der Waals surface area contributed by atoms with Crippen molar-refractivity contribution in [1.82, 2.24) is 15.5 Å². The van der Waals surface area contributed by atoms with Gasteiger partial charge in [-0.2, -0.15) is 5.10 Å². The van der Waals surface area contributed by atoms with E-state index in [2.05, 4.69) is 60.7 Å². The first kappa shape index (κ1) is 12.9. The van der Waals surface area contributed by atoms with E-state index in [4.69, 9.17) is 0 Å². The van der Waals surface area contributed by atoms with Crippen LogP contribution in [0.5, 0.6) is 0 Å². The molecule has 0 spiro atoms. The van der Waals surface area contributed by atoms with Crippen LogP contribution in [0.2, 0.25) is 0 Å². The predicted molar refractivity (Wildman–Crippen MR) is 80.1 cm³/mol. The third kappa shape index (κ3) is 1.94. The van der Waals surface area contributed by atoms with Crippen LogP contribution in [0.4, 0.5) is 0 Å². The van der Waals surface area contributed by atoms with E-state index >= 15 is 0 Å². The second-order valence-electron chi connectivity index (χ2n) is 6.50. The van der Waals surface area contributed by atoms with Crippen molar-refractivity contribution in [3.63, 3.8) is 0 Å². The number of H-pyrrole nitrogens is 1. The summed E-state index contributed by atoms with van der Waals surface area (Å²) in [7, 11) is 0. The maximum Gasteiger partial charge on any atom is 0.0794 e. The van der Waals surface area contributed by atoms with Crippen molar-refractivity contribution in [2.45, 2.75) is 40.3 Å². The lowest BCUT2D eigenvalue weighted by Gasteiger charge is -2.06. The molecule has 2 heterocycles. The zero-order chi connectivity index (χ0) is 13.7. The molecule has 2 aromatic heterocycles. The number of nitrogens with zero attached hydrogens (tertiary/aromatic N) is 1. The van der Waals surface area contributed by atoms with Crippen LogP contribution in [-0.2, 0) is 6.54 Å². The summed E-state index contributed by atoms with van der Waals surface area (Å²) in [5.74, 6) is 0. The van der Waals surface area contributed by atoms with Crippen LogP contribution in [0.25, 0.3) is 10.6 Å². The lowest BCUT2D eigenvalue weighted by atomic mass is 10.0. The minimum Gasteiger partial charge on any atom is -0.309 e. The third-order valence-corrected chi connectivity index (χ3v) is 5.89. The molecule has 0 atom stereocenters. The molecule has 0 aliphatic heterocycles. The smallest absolute Gasteiger partial charge is 0.0794 e. The summed E-state index contributed by atoms with van der Waals surface area (Å²) < 4.78 is 0. The van der Waals surface area contributed by atoms with Gasteiger partial charge in [0.1, 0.15) is 0 Å². The first-order chi connectivity index (χ1) is 8.94. The molecule has 1 saturated carbocycles. The van der Waals surface area contributed by atoms with Gasteiger partial charge in [0, 0.05) is 18.2 Å². The first-order valence-electron chi connectivity index (χ1n) is 6.74. The molecular formula is C15H21N3S. The van der Waals surface area contributed by atoms with Gasteiger partial charge < -0.3 is 5.32 Å². The summed E-state index contributed by atoms with van der Waals surface area (Å²) in [5.41, 5.74) is 3.15. The number of hydrogen-bond acceptors (Lipinski definition) is 3. The van der Waals surface area contributed by atoms with E-state index in [0.29, 0.717) is 16.9 Å². The van der Waals surface area contributed by atoms with Crippen molar-refractivity contribution in [2.75, 3.05) is 0 Å². The summed E-state index contributed by atoms with van der Waals surface area (Å²) in [6.45, 7) is 10.2. The van der Waals surface area contributed by atoms with Crippen molar-refractivity contribution < 1.29 is 0 Å². The van der Waals surface area contributed by atoms with Crippen LogP contribution >= 0.6 is 11.3 Å². The normalized spacial score (nSPS) is 20.6. The summed E-state index contributed by atoms with van der Waals surface area (Å²) in [6, 6.07) is 4.78. The molecule has 0 amide bonds. The Kier molecular flexibility index (Phi) is 2.84. The minimum atomic E-state index is 0.375. The number of aromatic amines is 1. The zero-order valence-electron chi connectivity index (χ0n) is 11.9. The largest absolute Gasteiger partial charge is 0.309 e. The predicted octanol–water partition coefficient (Wildman–Crippen LogP) is 3.66. The van der Waals surface area contributed by atoms with Gasteiger partial charge in [-0.1, -0.05) is 33.8 Å². The van der Waals surface area contributed by atoms with E-state index in [1.54, 1.807) is 11.3 Å². The van der Waals surface area contributed by atoms with E-state index in [1.807, 2.05) is 6.20 Å². The van der Waals surface area contributed by atoms with E-state index in [1.165, 1.54) is 10.4 Å². The van der Waals surface area contributed by atoms with Crippen LogP contribution in [0.1, 0.15) is 33.3 Å². The van der Waals surface area contributed by atoms with Gasteiger partial charge in [-0.25, -0.2) is 0 Å². The molecule has 2 aromatic rings. The van der Waals surface area contributed by atoms with Crippen molar-refractivity contribution in [2.24, 2.45) is 10.8 Å². The molecule has 3 rings (SSSR count). The molecule has 0 aromatic carbocycles.